The molecule has 0 aliphatic heterocycles. The number of nitrogens with zero attached hydrogens (tertiary/aromatic N) is 4. The van der Waals surface area contributed by atoms with Gasteiger partial charge in [0.2, 0.25) is 0 Å². The average molecular weight is 909 g/mol. The van der Waals surface area contributed by atoms with E-state index in [1.807, 2.05) is 24.3 Å². The molecule has 0 amide bonds. The molecule has 0 radical (unpaired) electrons. The van der Waals surface area contributed by atoms with Crippen LogP contribution in [0.15, 0.2) is 163 Å². The lowest BCUT2D eigenvalue weighted by atomic mass is 9.65. The van der Waals surface area contributed by atoms with Gasteiger partial charge < -0.3 is 19.5 Å². The molecular formula is C44H36N4O12S3. The van der Waals surface area contributed by atoms with Crippen molar-refractivity contribution in [3.05, 3.63) is 139 Å². The SMILES string of the molecule is O=S(=O)(O)c1cc2ccc(O)cc2c(O)c1N=Nc1ccc(C2(c3ccc(N=Nc4c(S(=O)(=O)O)cc5ccc(OS(=O)(=O)c6ccccc6)cc5c4O)cc3)CCCCC2)cc1. The third-order valence-electron chi connectivity index (χ3n) is 10.9. The summed E-state index contributed by atoms with van der Waals surface area (Å²) in [5.41, 5.74) is 0.981. The predicted octanol–water partition coefficient (Wildman–Crippen LogP) is 10.5. The molecule has 1 aliphatic carbocycles. The van der Waals surface area contributed by atoms with E-state index in [9.17, 15) is 49.7 Å². The van der Waals surface area contributed by atoms with E-state index in [1.165, 1.54) is 60.7 Å². The number of azo groups is 2. The van der Waals surface area contributed by atoms with Crippen LogP contribution in [0.2, 0.25) is 0 Å². The van der Waals surface area contributed by atoms with Crippen LogP contribution < -0.4 is 4.18 Å². The van der Waals surface area contributed by atoms with Crippen molar-refractivity contribution in [2.24, 2.45) is 20.5 Å². The summed E-state index contributed by atoms with van der Waals surface area (Å²) in [4.78, 5) is -1.49. The third kappa shape index (κ3) is 8.69. The molecule has 1 fully saturated rings. The molecule has 7 aromatic rings. The van der Waals surface area contributed by atoms with E-state index in [0.29, 0.717) is 5.69 Å². The Balaban J connectivity index is 1.08. The van der Waals surface area contributed by atoms with Crippen LogP contribution in [0.5, 0.6) is 23.0 Å². The zero-order chi connectivity index (χ0) is 44.7. The highest BCUT2D eigenvalue weighted by Crippen LogP contribution is 2.47. The highest BCUT2D eigenvalue weighted by molar-refractivity contribution is 7.87. The first-order valence-electron chi connectivity index (χ1n) is 19.2. The Morgan fingerprint density at radius 1 is 0.508 bits per heavy atom. The van der Waals surface area contributed by atoms with Gasteiger partial charge in [0.1, 0.15) is 37.6 Å². The van der Waals surface area contributed by atoms with Gasteiger partial charge in [-0.3, -0.25) is 9.11 Å². The van der Waals surface area contributed by atoms with Crippen molar-refractivity contribution in [1.29, 1.82) is 0 Å². The normalized spacial score (nSPS) is 14.8. The maximum absolute atomic E-state index is 12.9. The number of phenols is 3. The maximum Gasteiger partial charge on any atom is 0.339 e. The molecule has 0 bridgehead atoms. The minimum absolute atomic E-state index is 0.0185. The molecule has 1 saturated carbocycles. The zero-order valence-electron chi connectivity index (χ0n) is 32.8. The van der Waals surface area contributed by atoms with E-state index in [-0.39, 0.29) is 43.6 Å². The number of fused-ring (bicyclic) bond motifs is 2. The standard InChI is InChI=1S/C44H36N4O12S3/c49-33-19-9-27-23-38(61(52,53)54)40(42(50)36(27)25-33)47-45-31-15-11-29(12-16-31)44(21-5-2-6-22-44)30-13-17-32(18-14-30)46-48-41-39(62(55,56)57)24-28-10-20-34(26-37(28)43(41)51)60-63(58,59)35-7-3-1-4-8-35/h1,3-4,7-20,23-26,49-51H,2,5-6,21-22H2,(H,52,53,54)(H,55,56,57). The molecule has 8 rings (SSSR count). The summed E-state index contributed by atoms with van der Waals surface area (Å²) in [6.45, 7) is 0. The summed E-state index contributed by atoms with van der Waals surface area (Å²) >= 11 is 0. The van der Waals surface area contributed by atoms with Gasteiger partial charge in [-0.25, -0.2) is 0 Å². The molecule has 0 aromatic heterocycles. The average Bonchev–Trinajstić information content (AvgIpc) is 3.26. The smallest absolute Gasteiger partial charge is 0.339 e. The highest BCUT2D eigenvalue weighted by Gasteiger charge is 2.36. The number of aromatic hydroxyl groups is 3. The molecule has 0 heterocycles. The van der Waals surface area contributed by atoms with Gasteiger partial charge in [0.05, 0.1) is 11.4 Å². The van der Waals surface area contributed by atoms with Crippen LogP contribution in [0.3, 0.4) is 0 Å². The van der Waals surface area contributed by atoms with Crippen LogP contribution in [-0.4, -0.2) is 49.7 Å². The van der Waals surface area contributed by atoms with Crippen molar-refractivity contribution in [1.82, 2.24) is 0 Å². The molecule has 0 atom stereocenters. The first-order chi connectivity index (χ1) is 29.9. The first-order valence-corrected chi connectivity index (χ1v) is 23.5. The van der Waals surface area contributed by atoms with Crippen molar-refractivity contribution in [3.63, 3.8) is 0 Å². The molecule has 7 aromatic carbocycles. The van der Waals surface area contributed by atoms with Gasteiger partial charge >= 0.3 is 10.1 Å². The first kappa shape index (κ1) is 42.9. The van der Waals surface area contributed by atoms with Crippen LogP contribution >= 0.6 is 0 Å². The van der Waals surface area contributed by atoms with Crippen LogP contribution in [-0.2, 0) is 35.8 Å². The topological polar surface area (TPSA) is 262 Å². The molecule has 19 heteroatoms. The van der Waals surface area contributed by atoms with E-state index >= 15 is 0 Å². The summed E-state index contributed by atoms with van der Waals surface area (Å²) in [6.07, 6.45) is 4.49. The quantitative estimate of drug-likeness (QED) is 0.0461. The Morgan fingerprint density at radius 2 is 0.984 bits per heavy atom. The van der Waals surface area contributed by atoms with Crippen molar-refractivity contribution in [2.75, 3.05) is 0 Å². The van der Waals surface area contributed by atoms with E-state index in [1.54, 1.807) is 30.3 Å². The predicted molar refractivity (Wildman–Crippen MR) is 232 cm³/mol. The number of hydrogen-bond acceptors (Lipinski definition) is 14. The maximum atomic E-state index is 12.9. The van der Waals surface area contributed by atoms with Gasteiger partial charge in [0.15, 0.2) is 11.5 Å². The van der Waals surface area contributed by atoms with Gasteiger partial charge in [-0.2, -0.15) is 35.5 Å². The van der Waals surface area contributed by atoms with Crippen molar-refractivity contribution in [3.8, 4) is 23.0 Å². The van der Waals surface area contributed by atoms with Gasteiger partial charge in [0, 0.05) is 16.2 Å². The summed E-state index contributed by atoms with van der Waals surface area (Å²) in [5, 5.41) is 49.0. The van der Waals surface area contributed by atoms with Crippen LogP contribution in [0, 0.1) is 0 Å². The molecule has 0 saturated heterocycles. The van der Waals surface area contributed by atoms with E-state index < -0.39 is 68.4 Å². The van der Waals surface area contributed by atoms with Crippen molar-refractivity contribution in [2.45, 2.75) is 52.2 Å². The molecule has 63 heavy (non-hydrogen) atoms. The number of hydrogen-bond donors (Lipinski definition) is 5. The fourth-order valence-corrected chi connectivity index (χ4v) is 10.1. The lowest BCUT2D eigenvalue weighted by Gasteiger charge is -2.38. The second-order valence-electron chi connectivity index (χ2n) is 14.9. The Hall–Kier alpha value is -6.77. The van der Waals surface area contributed by atoms with E-state index in [4.69, 9.17) is 4.18 Å². The van der Waals surface area contributed by atoms with Gasteiger partial charge in [-0.15, -0.1) is 10.2 Å². The molecule has 1 aliphatic rings. The summed E-state index contributed by atoms with van der Waals surface area (Å²) in [7, 11) is -14.0. The molecule has 322 valence electrons. The van der Waals surface area contributed by atoms with Crippen LogP contribution in [0.1, 0.15) is 43.2 Å². The van der Waals surface area contributed by atoms with Crippen LogP contribution in [0.25, 0.3) is 21.5 Å². The molecular weight excluding hydrogens is 873 g/mol. The van der Waals surface area contributed by atoms with Crippen molar-refractivity contribution >= 4 is 74.6 Å². The number of rotatable bonds is 11. The highest BCUT2D eigenvalue weighted by atomic mass is 32.2. The second kappa shape index (κ2) is 16.5. The molecule has 16 nitrogen and oxygen atoms in total. The van der Waals surface area contributed by atoms with Crippen LogP contribution in [0.4, 0.5) is 22.7 Å². The Kier molecular flexibility index (Phi) is 11.2. The Labute approximate surface area is 361 Å². The summed E-state index contributed by atoms with van der Waals surface area (Å²) < 4.78 is 100. The molecule has 0 spiro atoms. The minimum Gasteiger partial charge on any atom is -0.508 e. The lowest BCUT2D eigenvalue weighted by molar-refractivity contribution is 0.346. The number of phenolic OH excluding ortho intramolecular Hbond substituents is 3. The summed E-state index contributed by atoms with van der Waals surface area (Å²) in [6, 6.07) is 31.5. The fourth-order valence-electron chi connectivity index (χ4n) is 7.86. The zero-order valence-corrected chi connectivity index (χ0v) is 35.2. The van der Waals surface area contributed by atoms with E-state index in [0.717, 1.165) is 55.4 Å². The Bertz CT molecular complexity index is 3320. The minimum atomic E-state index is -4.93. The molecule has 0 unspecified atom stereocenters. The largest absolute Gasteiger partial charge is 0.508 e. The molecule has 5 N–H and O–H groups in total. The summed E-state index contributed by atoms with van der Waals surface area (Å²) in [5.74, 6) is -1.63. The Morgan fingerprint density at radius 3 is 1.48 bits per heavy atom. The number of benzene rings is 7. The van der Waals surface area contributed by atoms with Gasteiger partial charge in [0.25, 0.3) is 20.2 Å². The lowest BCUT2D eigenvalue weighted by Crippen LogP contribution is -2.30. The third-order valence-corrected chi connectivity index (χ3v) is 13.9. The monoisotopic (exact) mass is 908 g/mol. The van der Waals surface area contributed by atoms with Crippen molar-refractivity contribution < 1.29 is 53.9 Å². The van der Waals surface area contributed by atoms with Gasteiger partial charge in [-0.05, 0) is 108 Å². The second-order valence-corrected chi connectivity index (χ2v) is 19.2. The van der Waals surface area contributed by atoms with E-state index in [2.05, 4.69) is 20.5 Å². The van der Waals surface area contributed by atoms with Gasteiger partial charge in [-0.1, -0.05) is 73.9 Å². The fraction of sp³-hybridized carbons (Fsp3) is 0.136.